The Balaban J connectivity index is 1.32. The van der Waals surface area contributed by atoms with Crippen LogP contribution in [0.4, 0.5) is 0 Å². The fourth-order valence-corrected chi connectivity index (χ4v) is 6.53. The van der Waals surface area contributed by atoms with Gasteiger partial charge in [0.25, 0.3) is 0 Å². The molecule has 2 heterocycles. The average molecular weight is 511 g/mol. The zero-order valence-corrected chi connectivity index (χ0v) is 21.5. The molecule has 0 amide bonds. The van der Waals surface area contributed by atoms with Gasteiger partial charge in [-0.25, -0.2) is 0 Å². The van der Waals surface area contributed by atoms with Gasteiger partial charge in [0.15, 0.2) is 0 Å². The Morgan fingerprint density at radius 2 is 1.05 bits per heavy atom. The number of para-hydroxylation sites is 2. The van der Waals surface area contributed by atoms with Gasteiger partial charge < -0.3 is 9.15 Å². The molecular weight excluding hydrogens is 488 g/mol. The van der Waals surface area contributed by atoms with Crippen molar-refractivity contribution < 1.29 is 9.15 Å². The summed E-state index contributed by atoms with van der Waals surface area (Å²) < 4.78 is 12.5. The van der Waals surface area contributed by atoms with Crippen molar-refractivity contribution in [2.75, 3.05) is 0 Å². The third kappa shape index (κ3) is 2.99. The normalized spacial score (nSPS) is 12.2. The molecule has 1 aromatic heterocycles. The molecule has 1 aliphatic rings. The maximum Gasteiger partial charge on any atom is 0.136 e. The highest BCUT2D eigenvalue weighted by molar-refractivity contribution is 6.17. The molecule has 0 unspecified atom stereocenters. The number of fused-ring (bicyclic) bond motifs is 6. The van der Waals surface area contributed by atoms with Crippen molar-refractivity contribution in [3.8, 4) is 44.9 Å². The molecule has 8 aromatic rings. The molecule has 186 valence electrons. The largest absolute Gasteiger partial charge is 0.456 e. The van der Waals surface area contributed by atoms with E-state index in [9.17, 15) is 0 Å². The van der Waals surface area contributed by atoms with Crippen LogP contribution < -0.4 is 4.74 Å². The lowest BCUT2D eigenvalue weighted by Crippen LogP contribution is -1.97. The van der Waals surface area contributed by atoms with Gasteiger partial charge in [-0.2, -0.15) is 0 Å². The van der Waals surface area contributed by atoms with Crippen LogP contribution in [0.3, 0.4) is 0 Å². The highest BCUT2D eigenvalue weighted by atomic mass is 16.5. The number of benzene rings is 7. The highest BCUT2D eigenvalue weighted by Crippen LogP contribution is 2.49. The fourth-order valence-electron chi connectivity index (χ4n) is 6.53. The van der Waals surface area contributed by atoms with E-state index >= 15 is 0 Å². The first-order valence-electron chi connectivity index (χ1n) is 13.6. The van der Waals surface area contributed by atoms with Crippen LogP contribution in [0.15, 0.2) is 138 Å². The molecule has 0 bridgehead atoms. The SMILES string of the molecule is c1ccc2c(c1)Oc1cccc3cc(-c4ccc(-c5cccc6oc7ccccc7c56)c5ccccc45)cc-2c13. The van der Waals surface area contributed by atoms with E-state index in [1.54, 1.807) is 0 Å². The molecule has 0 spiro atoms. The van der Waals surface area contributed by atoms with E-state index in [1.165, 1.54) is 49.4 Å². The Labute approximate surface area is 230 Å². The zero-order chi connectivity index (χ0) is 26.2. The van der Waals surface area contributed by atoms with Gasteiger partial charge in [-0.1, -0.05) is 97.1 Å². The minimum Gasteiger partial charge on any atom is -0.456 e. The third-order valence-electron chi connectivity index (χ3n) is 8.26. The molecular formula is C38H22O2. The van der Waals surface area contributed by atoms with Crippen molar-refractivity contribution >= 4 is 43.5 Å². The fraction of sp³-hybridized carbons (Fsp3) is 0. The summed E-state index contributed by atoms with van der Waals surface area (Å²) in [6.07, 6.45) is 0. The predicted octanol–water partition coefficient (Wildman–Crippen LogP) is 11.0. The van der Waals surface area contributed by atoms with Gasteiger partial charge in [0.1, 0.15) is 22.7 Å². The first kappa shape index (κ1) is 21.6. The average Bonchev–Trinajstić information content (AvgIpc) is 3.40. The van der Waals surface area contributed by atoms with Crippen LogP contribution in [0.25, 0.3) is 76.9 Å². The lowest BCUT2D eigenvalue weighted by molar-refractivity contribution is 0.487. The van der Waals surface area contributed by atoms with E-state index in [2.05, 4.69) is 109 Å². The topological polar surface area (TPSA) is 22.4 Å². The van der Waals surface area contributed by atoms with Crippen molar-refractivity contribution in [1.82, 2.24) is 0 Å². The summed E-state index contributed by atoms with van der Waals surface area (Å²) in [5.41, 5.74) is 8.99. The van der Waals surface area contributed by atoms with Crippen LogP contribution in [0.5, 0.6) is 11.5 Å². The predicted molar refractivity (Wildman–Crippen MR) is 165 cm³/mol. The van der Waals surface area contributed by atoms with Crippen molar-refractivity contribution in [1.29, 1.82) is 0 Å². The second kappa shape index (κ2) is 8.08. The van der Waals surface area contributed by atoms with Crippen LogP contribution in [-0.2, 0) is 0 Å². The molecule has 0 saturated carbocycles. The maximum atomic E-state index is 6.28. The van der Waals surface area contributed by atoms with Crippen LogP contribution in [0, 0.1) is 0 Å². The molecule has 0 radical (unpaired) electrons. The van der Waals surface area contributed by atoms with Gasteiger partial charge >= 0.3 is 0 Å². The molecule has 0 saturated heterocycles. The molecule has 0 atom stereocenters. The van der Waals surface area contributed by atoms with E-state index < -0.39 is 0 Å². The Bertz CT molecular complexity index is 2300. The molecule has 7 aromatic carbocycles. The van der Waals surface area contributed by atoms with Crippen molar-refractivity contribution in [3.05, 3.63) is 133 Å². The van der Waals surface area contributed by atoms with E-state index in [4.69, 9.17) is 9.15 Å². The number of rotatable bonds is 2. The second-order valence-corrected chi connectivity index (χ2v) is 10.5. The van der Waals surface area contributed by atoms with Crippen LogP contribution in [0.1, 0.15) is 0 Å². The first-order chi connectivity index (χ1) is 19.8. The Hall–Kier alpha value is -5.34. The standard InChI is InChI=1S/C38H22O2/c1-2-11-27-26(10-1)25(19-20-28(27)30-14-8-18-36-38(30)31-13-4-6-16-34(31)40-36)24-21-23-9-7-17-35-37(23)32(22-24)29-12-3-5-15-33(29)39-35/h1-22H. The number of ether oxygens (including phenoxy) is 1. The molecule has 9 rings (SSSR count). The van der Waals surface area contributed by atoms with Crippen LogP contribution in [0.2, 0.25) is 0 Å². The first-order valence-corrected chi connectivity index (χ1v) is 13.6. The molecule has 1 aliphatic heterocycles. The number of furan rings is 1. The van der Waals surface area contributed by atoms with Gasteiger partial charge in [-0.05, 0) is 80.4 Å². The summed E-state index contributed by atoms with van der Waals surface area (Å²) in [7, 11) is 0. The third-order valence-corrected chi connectivity index (χ3v) is 8.26. The second-order valence-electron chi connectivity index (χ2n) is 10.5. The maximum absolute atomic E-state index is 6.28. The van der Waals surface area contributed by atoms with Crippen LogP contribution in [-0.4, -0.2) is 0 Å². The molecule has 2 heteroatoms. The van der Waals surface area contributed by atoms with Crippen molar-refractivity contribution in [2.45, 2.75) is 0 Å². The van der Waals surface area contributed by atoms with Crippen LogP contribution >= 0.6 is 0 Å². The molecule has 0 N–H and O–H groups in total. The quantitative estimate of drug-likeness (QED) is 0.231. The Morgan fingerprint density at radius 3 is 1.98 bits per heavy atom. The zero-order valence-electron chi connectivity index (χ0n) is 21.5. The molecule has 0 fully saturated rings. The highest BCUT2D eigenvalue weighted by Gasteiger charge is 2.21. The summed E-state index contributed by atoms with van der Waals surface area (Å²) in [4.78, 5) is 0. The van der Waals surface area contributed by atoms with Crippen molar-refractivity contribution in [3.63, 3.8) is 0 Å². The van der Waals surface area contributed by atoms with Gasteiger partial charge in [0.2, 0.25) is 0 Å². The van der Waals surface area contributed by atoms with E-state index in [1.807, 2.05) is 24.3 Å². The van der Waals surface area contributed by atoms with Crippen molar-refractivity contribution in [2.24, 2.45) is 0 Å². The summed E-state index contributed by atoms with van der Waals surface area (Å²) >= 11 is 0. The number of hydrogen-bond acceptors (Lipinski definition) is 2. The van der Waals surface area contributed by atoms with Gasteiger partial charge in [-0.15, -0.1) is 0 Å². The van der Waals surface area contributed by atoms with E-state index in [0.29, 0.717) is 0 Å². The minimum absolute atomic E-state index is 0.903. The molecule has 40 heavy (non-hydrogen) atoms. The van der Waals surface area contributed by atoms with Gasteiger partial charge in [0, 0.05) is 21.7 Å². The Morgan fingerprint density at radius 1 is 0.375 bits per heavy atom. The summed E-state index contributed by atoms with van der Waals surface area (Å²) in [6.45, 7) is 0. The summed E-state index contributed by atoms with van der Waals surface area (Å²) in [5.74, 6) is 1.82. The summed E-state index contributed by atoms with van der Waals surface area (Å²) in [6, 6.07) is 47.2. The van der Waals surface area contributed by atoms with Gasteiger partial charge in [0.05, 0.1) is 0 Å². The molecule has 0 aliphatic carbocycles. The molecule has 2 nitrogen and oxygen atoms in total. The smallest absolute Gasteiger partial charge is 0.136 e. The Kier molecular flexibility index (Phi) is 4.36. The minimum atomic E-state index is 0.903. The van der Waals surface area contributed by atoms with Gasteiger partial charge in [-0.3, -0.25) is 0 Å². The van der Waals surface area contributed by atoms with E-state index in [0.717, 1.165) is 39.0 Å². The summed E-state index contributed by atoms with van der Waals surface area (Å²) in [5, 5.41) is 7.12. The van der Waals surface area contributed by atoms with E-state index in [-0.39, 0.29) is 0 Å². The monoisotopic (exact) mass is 510 g/mol. The number of hydrogen-bond donors (Lipinski definition) is 0. The lowest BCUT2D eigenvalue weighted by atomic mass is 9.87. The lowest BCUT2D eigenvalue weighted by Gasteiger charge is -2.22.